The third-order valence-electron chi connectivity index (χ3n) is 10.5. The zero-order valence-electron chi connectivity index (χ0n) is 32.1. The van der Waals surface area contributed by atoms with Gasteiger partial charge < -0.3 is 20.4 Å². The van der Waals surface area contributed by atoms with Crippen LogP contribution < -0.4 is 0 Å². The Morgan fingerprint density at radius 1 is 0.367 bits per heavy atom. The molecule has 262 valence electrons. The summed E-state index contributed by atoms with van der Waals surface area (Å²) in [6.45, 7) is 28.0. The van der Waals surface area contributed by atoms with Gasteiger partial charge in [0.05, 0.1) is 0 Å². The molecule has 0 aliphatic heterocycles. The first kappa shape index (κ1) is 36.4. The second-order valence-electron chi connectivity index (χ2n) is 18.7. The molecule has 8 bridgehead atoms. The highest BCUT2D eigenvalue weighted by Gasteiger charge is 2.29. The second-order valence-corrected chi connectivity index (χ2v) is 18.7. The maximum absolute atomic E-state index is 12.1. The van der Waals surface area contributed by atoms with Crippen molar-refractivity contribution in [3.8, 4) is 23.0 Å². The van der Waals surface area contributed by atoms with Gasteiger partial charge in [0.1, 0.15) is 23.0 Å². The SMILES string of the molecule is CC1c2cc(C(C)(C)C)cc(c2O)Cc2cc(C(C)(C)C)cc(c2O)Cc2cc(C(C)(C)C)cc(c2O)Cc2cc(C(C)(C)C)cc1c2O. The predicted molar refractivity (Wildman–Crippen MR) is 203 cm³/mol. The lowest BCUT2D eigenvalue weighted by Crippen LogP contribution is -2.16. The monoisotopic (exact) mass is 662 g/mol. The average Bonchev–Trinajstić information content (AvgIpc) is 2.95. The van der Waals surface area contributed by atoms with Crippen LogP contribution in [0.1, 0.15) is 163 Å². The fourth-order valence-corrected chi connectivity index (χ4v) is 6.94. The summed E-state index contributed by atoms with van der Waals surface area (Å²) in [4.78, 5) is 0. The molecular weight excluding hydrogens is 604 g/mol. The van der Waals surface area contributed by atoms with Crippen molar-refractivity contribution in [2.24, 2.45) is 0 Å². The Morgan fingerprint density at radius 2 is 0.571 bits per heavy atom. The summed E-state index contributed by atoms with van der Waals surface area (Å²) in [5.74, 6) is 0.416. The van der Waals surface area contributed by atoms with Gasteiger partial charge in [0.25, 0.3) is 0 Å². The van der Waals surface area contributed by atoms with E-state index in [1.54, 1.807) is 0 Å². The van der Waals surface area contributed by atoms with E-state index in [1.807, 2.05) is 6.92 Å². The van der Waals surface area contributed by atoms with Crippen LogP contribution in [0.2, 0.25) is 0 Å². The first-order valence-electron chi connectivity index (χ1n) is 17.8. The van der Waals surface area contributed by atoms with Crippen molar-refractivity contribution in [2.75, 3.05) is 0 Å². The van der Waals surface area contributed by atoms with Crippen molar-refractivity contribution < 1.29 is 20.4 Å². The normalized spacial score (nSPS) is 14.6. The highest BCUT2D eigenvalue weighted by atomic mass is 16.3. The summed E-state index contributed by atoms with van der Waals surface area (Å²) < 4.78 is 0. The van der Waals surface area contributed by atoms with Crippen molar-refractivity contribution >= 4 is 0 Å². The Balaban J connectivity index is 1.93. The third kappa shape index (κ3) is 7.21. The molecule has 0 unspecified atom stereocenters. The average molecular weight is 663 g/mol. The van der Waals surface area contributed by atoms with Gasteiger partial charge in [-0.1, -0.05) is 139 Å². The molecule has 0 amide bonds. The van der Waals surface area contributed by atoms with Gasteiger partial charge in [-0.25, -0.2) is 0 Å². The Labute approximate surface area is 294 Å². The van der Waals surface area contributed by atoms with E-state index in [9.17, 15) is 20.4 Å². The van der Waals surface area contributed by atoms with Crippen LogP contribution >= 0.6 is 0 Å². The standard InChI is InChI=1S/C45H58O4/c1-25-36-23-34(44(8,9)10)21-30(40(36)48)15-28-19-32(42(2,3)4)17-26(38(28)46)14-27-18-33(43(5,6)7)20-29(39(27)47)16-31-22-35(45(11,12)13)24-37(25)41(31)49/h17-25,46-49H,14-16H2,1-13H3. The number of fused-ring (bicyclic) bond motifs is 8. The lowest BCUT2D eigenvalue weighted by Gasteiger charge is -2.28. The van der Waals surface area contributed by atoms with Crippen LogP contribution in [0, 0.1) is 0 Å². The van der Waals surface area contributed by atoms with Crippen LogP contribution in [-0.2, 0) is 40.9 Å². The van der Waals surface area contributed by atoms with Crippen LogP contribution in [0.4, 0.5) is 0 Å². The van der Waals surface area contributed by atoms with E-state index in [-0.39, 0.29) is 50.6 Å². The highest BCUT2D eigenvalue weighted by molar-refractivity contribution is 5.60. The number of aromatic hydroxyl groups is 4. The molecule has 4 heteroatoms. The van der Waals surface area contributed by atoms with E-state index >= 15 is 0 Å². The number of hydrogen-bond donors (Lipinski definition) is 4. The number of hydrogen-bond acceptors (Lipinski definition) is 4. The number of benzene rings is 4. The van der Waals surface area contributed by atoms with Gasteiger partial charge >= 0.3 is 0 Å². The van der Waals surface area contributed by atoms with Crippen LogP contribution in [0.5, 0.6) is 23.0 Å². The van der Waals surface area contributed by atoms with E-state index in [0.717, 1.165) is 66.8 Å². The van der Waals surface area contributed by atoms with Gasteiger partial charge in [-0.3, -0.25) is 0 Å². The summed E-state index contributed by atoms with van der Waals surface area (Å²) in [6.07, 6.45) is 0.995. The molecule has 0 saturated carbocycles. The van der Waals surface area contributed by atoms with Gasteiger partial charge in [-0.15, -0.1) is 0 Å². The molecule has 0 atom stereocenters. The molecular formula is C45H58O4. The molecule has 0 aromatic heterocycles. The van der Waals surface area contributed by atoms with Gasteiger partial charge in [0, 0.05) is 36.3 Å². The van der Waals surface area contributed by atoms with Gasteiger partial charge in [0.2, 0.25) is 0 Å². The molecule has 0 saturated heterocycles. The van der Waals surface area contributed by atoms with Crippen molar-refractivity contribution in [1.82, 2.24) is 0 Å². The molecule has 4 nitrogen and oxygen atoms in total. The van der Waals surface area contributed by atoms with Crippen LogP contribution in [0.25, 0.3) is 0 Å². The van der Waals surface area contributed by atoms with Crippen LogP contribution in [0.3, 0.4) is 0 Å². The van der Waals surface area contributed by atoms with Crippen molar-refractivity contribution in [3.63, 3.8) is 0 Å². The van der Waals surface area contributed by atoms with Crippen LogP contribution in [-0.4, -0.2) is 20.4 Å². The summed E-state index contributed by atoms with van der Waals surface area (Å²) in [7, 11) is 0. The molecule has 0 spiro atoms. The molecule has 4 N–H and O–H groups in total. The number of phenols is 4. The Hall–Kier alpha value is -3.92. The van der Waals surface area contributed by atoms with E-state index in [0.29, 0.717) is 19.3 Å². The maximum atomic E-state index is 12.1. The van der Waals surface area contributed by atoms with E-state index < -0.39 is 0 Å². The Morgan fingerprint density at radius 3 is 0.796 bits per heavy atom. The fourth-order valence-electron chi connectivity index (χ4n) is 6.94. The zero-order valence-corrected chi connectivity index (χ0v) is 32.1. The van der Waals surface area contributed by atoms with Crippen molar-refractivity contribution in [3.05, 3.63) is 115 Å². The first-order chi connectivity index (χ1) is 22.4. The summed E-state index contributed by atoms with van der Waals surface area (Å²) in [5.41, 5.74) is 9.43. The second kappa shape index (κ2) is 12.1. The molecule has 0 fully saturated rings. The molecule has 49 heavy (non-hydrogen) atoms. The molecule has 0 radical (unpaired) electrons. The zero-order chi connectivity index (χ0) is 36.6. The van der Waals surface area contributed by atoms with Crippen LogP contribution in [0.15, 0.2) is 48.5 Å². The highest BCUT2D eigenvalue weighted by Crippen LogP contribution is 2.46. The molecule has 4 aromatic carbocycles. The third-order valence-corrected chi connectivity index (χ3v) is 10.5. The smallest absolute Gasteiger partial charge is 0.122 e. The maximum Gasteiger partial charge on any atom is 0.122 e. The Bertz CT molecular complexity index is 1780. The minimum atomic E-state index is -0.342. The van der Waals surface area contributed by atoms with Crippen molar-refractivity contribution in [2.45, 2.75) is 137 Å². The van der Waals surface area contributed by atoms with Gasteiger partial charge in [0.15, 0.2) is 0 Å². The fraction of sp³-hybridized carbons (Fsp3) is 0.467. The van der Waals surface area contributed by atoms with Crippen molar-refractivity contribution in [1.29, 1.82) is 0 Å². The lowest BCUT2D eigenvalue weighted by molar-refractivity contribution is 0.444. The molecule has 1 aliphatic rings. The summed E-state index contributed by atoms with van der Waals surface area (Å²) in [6, 6.07) is 16.6. The summed E-state index contributed by atoms with van der Waals surface area (Å²) in [5, 5.41) is 48.1. The lowest BCUT2D eigenvalue weighted by atomic mass is 9.77. The first-order valence-corrected chi connectivity index (χ1v) is 17.8. The molecule has 5 rings (SSSR count). The quantitative estimate of drug-likeness (QED) is 0.151. The van der Waals surface area contributed by atoms with Gasteiger partial charge in [-0.2, -0.15) is 0 Å². The topological polar surface area (TPSA) is 80.9 Å². The minimum Gasteiger partial charge on any atom is -0.507 e. The minimum absolute atomic E-state index is 0.189. The summed E-state index contributed by atoms with van der Waals surface area (Å²) >= 11 is 0. The van der Waals surface area contributed by atoms with Gasteiger partial charge in [-0.05, 0) is 77.3 Å². The van der Waals surface area contributed by atoms with E-state index in [1.165, 1.54) is 0 Å². The predicted octanol–water partition coefficient (Wildman–Crippen LogP) is 10.9. The molecule has 1 aliphatic carbocycles. The number of phenolic OH excluding ortho intramolecular Hbond substituents is 4. The van der Waals surface area contributed by atoms with E-state index in [2.05, 4.69) is 132 Å². The molecule has 4 aromatic rings. The Kier molecular flexibility index (Phi) is 9.01. The van der Waals surface area contributed by atoms with E-state index in [4.69, 9.17) is 0 Å². The number of rotatable bonds is 0. The molecule has 0 heterocycles. The largest absolute Gasteiger partial charge is 0.507 e.